The summed E-state index contributed by atoms with van der Waals surface area (Å²) >= 11 is 5.74. The van der Waals surface area contributed by atoms with Crippen molar-refractivity contribution in [2.24, 2.45) is 0 Å². The van der Waals surface area contributed by atoms with E-state index in [1.807, 2.05) is 20.8 Å². The molecule has 1 saturated heterocycles. The van der Waals surface area contributed by atoms with Crippen LogP contribution in [0.5, 0.6) is 0 Å². The van der Waals surface area contributed by atoms with Crippen molar-refractivity contribution < 1.29 is 13.9 Å². The summed E-state index contributed by atoms with van der Waals surface area (Å²) in [5, 5.41) is 0.497. The van der Waals surface area contributed by atoms with Gasteiger partial charge in [-0.2, -0.15) is 0 Å². The van der Waals surface area contributed by atoms with Gasteiger partial charge in [0.2, 0.25) is 0 Å². The average Bonchev–Trinajstić information content (AvgIpc) is 2.93. The van der Waals surface area contributed by atoms with Gasteiger partial charge in [0.1, 0.15) is 22.8 Å². The Hall–Kier alpha value is -2.22. The van der Waals surface area contributed by atoms with Gasteiger partial charge in [-0.1, -0.05) is 24.4 Å². The van der Waals surface area contributed by atoms with Gasteiger partial charge in [0.15, 0.2) is 11.0 Å². The number of amides is 1. The number of pyridine rings is 1. The molecule has 7 nitrogen and oxygen atoms in total. The maximum atomic E-state index is 14.1. The molecule has 0 aromatic carbocycles. The zero-order chi connectivity index (χ0) is 22.5. The summed E-state index contributed by atoms with van der Waals surface area (Å²) in [5.74, 6) is 0.765. The molecule has 0 aliphatic carbocycles. The standard InChI is InChI=1S/C14H16ClFN4.C7H15NO2/c1-9-18-12-10(8-17-13(15)11(12)16)14(19-9)20-6-4-2-3-5-7-20;1-7(2,3)10-6(9)8(4)5/h8H,2-7H2,1H3;1-5H3. The molecule has 3 heterocycles. The van der Waals surface area contributed by atoms with E-state index in [4.69, 9.17) is 16.3 Å². The van der Waals surface area contributed by atoms with Gasteiger partial charge in [-0.3, -0.25) is 0 Å². The van der Waals surface area contributed by atoms with Crippen molar-refractivity contribution >= 4 is 34.4 Å². The highest BCUT2D eigenvalue weighted by Crippen LogP contribution is 2.29. The molecule has 0 spiro atoms. The van der Waals surface area contributed by atoms with Gasteiger partial charge in [-0.05, 0) is 40.5 Å². The normalized spacial score (nSPS) is 14.6. The van der Waals surface area contributed by atoms with Crippen molar-refractivity contribution in [3.8, 4) is 0 Å². The fraction of sp³-hybridized carbons (Fsp3) is 0.619. The maximum Gasteiger partial charge on any atom is 0.409 e. The molecule has 0 N–H and O–H groups in total. The molecule has 0 saturated carbocycles. The lowest BCUT2D eigenvalue weighted by atomic mass is 10.2. The molecule has 3 rings (SSSR count). The van der Waals surface area contributed by atoms with E-state index >= 15 is 0 Å². The van der Waals surface area contributed by atoms with Crippen LogP contribution >= 0.6 is 11.6 Å². The van der Waals surface area contributed by atoms with Gasteiger partial charge in [0, 0.05) is 33.4 Å². The molecule has 1 amide bonds. The summed E-state index contributed by atoms with van der Waals surface area (Å²) in [6.45, 7) is 9.18. The third kappa shape index (κ3) is 6.65. The number of nitrogens with zero attached hydrogens (tertiary/aromatic N) is 5. The summed E-state index contributed by atoms with van der Waals surface area (Å²) in [6.07, 6.45) is 6.00. The van der Waals surface area contributed by atoms with E-state index in [-0.39, 0.29) is 22.4 Å². The minimum Gasteiger partial charge on any atom is -0.444 e. The van der Waals surface area contributed by atoms with E-state index in [2.05, 4.69) is 19.9 Å². The Morgan fingerprint density at radius 3 is 2.27 bits per heavy atom. The second-order valence-corrected chi connectivity index (χ2v) is 8.85. The fourth-order valence-corrected chi connectivity index (χ4v) is 3.14. The quantitative estimate of drug-likeness (QED) is 0.583. The topological polar surface area (TPSA) is 71.5 Å². The smallest absolute Gasteiger partial charge is 0.409 e. The Labute approximate surface area is 182 Å². The van der Waals surface area contributed by atoms with E-state index in [9.17, 15) is 9.18 Å². The van der Waals surface area contributed by atoms with E-state index in [0.717, 1.165) is 31.7 Å². The van der Waals surface area contributed by atoms with E-state index < -0.39 is 5.82 Å². The summed E-state index contributed by atoms with van der Waals surface area (Å²) in [5.41, 5.74) is -0.127. The number of carbonyl (C=O) groups excluding carboxylic acids is 1. The van der Waals surface area contributed by atoms with Crippen LogP contribution in [0.25, 0.3) is 10.9 Å². The van der Waals surface area contributed by atoms with Gasteiger partial charge in [-0.15, -0.1) is 0 Å². The summed E-state index contributed by atoms with van der Waals surface area (Å²) < 4.78 is 19.1. The Morgan fingerprint density at radius 2 is 1.77 bits per heavy atom. The van der Waals surface area contributed by atoms with Crippen LogP contribution in [0.2, 0.25) is 5.15 Å². The first kappa shape index (κ1) is 24.1. The highest BCUT2D eigenvalue weighted by molar-refractivity contribution is 6.30. The maximum absolute atomic E-state index is 14.1. The summed E-state index contributed by atoms with van der Waals surface area (Å²) in [4.78, 5) is 27.1. The molecule has 0 bridgehead atoms. The number of aryl methyl sites for hydroxylation is 1. The monoisotopic (exact) mass is 439 g/mol. The molecular formula is C21H31ClFN5O2. The number of hydrogen-bond donors (Lipinski definition) is 0. The van der Waals surface area contributed by atoms with Crippen molar-refractivity contribution in [2.45, 2.75) is 59.0 Å². The predicted molar refractivity (Wildman–Crippen MR) is 118 cm³/mol. The van der Waals surface area contributed by atoms with Crippen molar-refractivity contribution in [3.63, 3.8) is 0 Å². The Morgan fingerprint density at radius 1 is 1.17 bits per heavy atom. The number of aromatic nitrogens is 3. The molecule has 1 aliphatic heterocycles. The van der Waals surface area contributed by atoms with Gasteiger partial charge < -0.3 is 14.5 Å². The molecular weight excluding hydrogens is 409 g/mol. The number of fused-ring (bicyclic) bond motifs is 1. The van der Waals surface area contributed by atoms with Crippen LogP contribution in [0.4, 0.5) is 15.0 Å². The molecule has 166 valence electrons. The molecule has 1 fully saturated rings. The van der Waals surface area contributed by atoms with Crippen LogP contribution in [0.15, 0.2) is 6.20 Å². The lowest BCUT2D eigenvalue weighted by molar-refractivity contribution is 0.0341. The number of anilines is 1. The third-order valence-corrected chi connectivity index (χ3v) is 4.66. The fourth-order valence-electron chi connectivity index (χ4n) is 3.00. The number of hydrogen-bond acceptors (Lipinski definition) is 6. The van der Waals surface area contributed by atoms with E-state index in [1.54, 1.807) is 27.2 Å². The molecule has 0 unspecified atom stereocenters. The minimum atomic E-state index is -0.564. The van der Waals surface area contributed by atoms with E-state index in [1.165, 1.54) is 17.7 Å². The second-order valence-electron chi connectivity index (χ2n) is 8.50. The number of rotatable bonds is 1. The lowest BCUT2D eigenvalue weighted by Crippen LogP contribution is -2.31. The van der Waals surface area contributed by atoms with Crippen molar-refractivity contribution in [1.29, 1.82) is 0 Å². The minimum absolute atomic E-state index is 0.141. The van der Waals surface area contributed by atoms with Gasteiger partial charge in [0.25, 0.3) is 0 Å². The van der Waals surface area contributed by atoms with Crippen LogP contribution in [0.1, 0.15) is 52.3 Å². The van der Waals surface area contributed by atoms with Crippen LogP contribution in [-0.2, 0) is 4.74 Å². The Kier molecular flexibility index (Phi) is 8.18. The average molecular weight is 440 g/mol. The third-order valence-electron chi connectivity index (χ3n) is 4.40. The molecule has 2 aromatic rings. The first-order valence-electron chi connectivity index (χ1n) is 10.1. The van der Waals surface area contributed by atoms with Gasteiger partial charge in [0.05, 0.1) is 5.39 Å². The first-order valence-corrected chi connectivity index (χ1v) is 10.5. The molecule has 9 heteroatoms. The molecule has 2 aromatic heterocycles. The van der Waals surface area contributed by atoms with Crippen molar-refractivity contribution in [1.82, 2.24) is 19.9 Å². The van der Waals surface area contributed by atoms with Crippen LogP contribution in [-0.4, -0.2) is 58.7 Å². The first-order chi connectivity index (χ1) is 14.0. The summed E-state index contributed by atoms with van der Waals surface area (Å²) in [6, 6.07) is 0. The number of carbonyl (C=O) groups is 1. The largest absolute Gasteiger partial charge is 0.444 e. The molecule has 1 aliphatic rings. The highest BCUT2D eigenvalue weighted by Gasteiger charge is 2.19. The SMILES string of the molecule is CN(C)C(=O)OC(C)(C)C.Cc1nc(N2CCCCCC2)c2cnc(Cl)c(F)c2n1. The Bertz CT molecular complexity index is 878. The van der Waals surface area contributed by atoms with Gasteiger partial charge in [-0.25, -0.2) is 24.1 Å². The zero-order valence-electron chi connectivity index (χ0n) is 18.6. The van der Waals surface area contributed by atoms with Crippen LogP contribution in [0, 0.1) is 12.7 Å². The van der Waals surface area contributed by atoms with Crippen LogP contribution < -0.4 is 4.90 Å². The second kappa shape index (κ2) is 10.2. The van der Waals surface area contributed by atoms with Crippen LogP contribution in [0.3, 0.4) is 0 Å². The number of ether oxygens (including phenoxy) is 1. The predicted octanol–water partition coefficient (Wildman–Crippen LogP) is 4.99. The molecule has 0 atom stereocenters. The zero-order valence-corrected chi connectivity index (χ0v) is 19.4. The summed E-state index contributed by atoms with van der Waals surface area (Å²) in [7, 11) is 3.32. The van der Waals surface area contributed by atoms with Gasteiger partial charge >= 0.3 is 6.09 Å². The molecule has 0 radical (unpaired) electrons. The highest BCUT2D eigenvalue weighted by atomic mass is 35.5. The number of halogens is 2. The van der Waals surface area contributed by atoms with Crippen molar-refractivity contribution in [3.05, 3.63) is 23.0 Å². The van der Waals surface area contributed by atoms with Crippen molar-refractivity contribution in [2.75, 3.05) is 32.1 Å². The van der Waals surface area contributed by atoms with E-state index in [0.29, 0.717) is 11.2 Å². The Balaban J connectivity index is 0.000000274. The molecule has 30 heavy (non-hydrogen) atoms. The lowest BCUT2D eigenvalue weighted by Gasteiger charge is -2.23.